The molecule has 6 heteroatoms. The van der Waals surface area contributed by atoms with Crippen molar-refractivity contribution in [1.29, 1.82) is 0 Å². The predicted molar refractivity (Wildman–Crippen MR) is 72.6 cm³/mol. The molecule has 0 atom stereocenters. The molecule has 0 spiro atoms. The van der Waals surface area contributed by atoms with Crippen molar-refractivity contribution in [3.63, 3.8) is 0 Å². The highest BCUT2D eigenvalue weighted by Crippen LogP contribution is 2.40. The topological polar surface area (TPSA) is 85.8 Å². The fourth-order valence-corrected chi connectivity index (χ4v) is 2.78. The lowest BCUT2D eigenvalue weighted by Crippen LogP contribution is -2.35. The van der Waals surface area contributed by atoms with Crippen LogP contribution < -0.4 is 11.1 Å². The van der Waals surface area contributed by atoms with E-state index in [2.05, 4.69) is 22.6 Å². The van der Waals surface area contributed by atoms with Gasteiger partial charge in [0.05, 0.1) is 12.7 Å². The number of rotatable bonds is 6. The Balaban J connectivity index is 1.89. The first-order valence-corrected chi connectivity index (χ1v) is 7.07. The third-order valence-corrected chi connectivity index (χ3v) is 4.17. The lowest BCUT2D eigenvalue weighted by molar-refractivity contribution is 0.0923. The first-order chi connectivity index (χ1) is 9.19. The molecule has 1 amide bonds. The number of hydrogen-bond acceptors (Lipinski definition) is 4. The molecular weight excluding hydrogens is 242 g/mol. The normalized spacial score (nSPS) is 17.6. The molecule has 1 saturated carbocycles. The zero-order chi connectivity index (χ0) is 13.7. The smallest absolute Gasteiger partial charge is 0.273 e. The zero-order valence-electron chi connectivity index (χ0n) is 11.6. The van der Waals surface area contributed by atoms with Crippen LogP contribution in [0.25, 0.3) is 0 Å². The van der Waals surface area contributed by atoms with Crippen molar-refractivity contribution < 1.29 is 4.79 Å². The largest absolute Gasteiger partial charge is 0.350 e. The molecule has 1 aliphatic carbocycles. The molecular formula is C13H23N5O. The van der Waals surface area contributed by atoms with E-state index < -0.39 is 0 Å². The number of carbonyl (C=O) groups is 1. The molecule has 0 bridgehead atoms. The molecule has 0 aliphatic heterocycles. The Hall–Kier alpha value is -1.43. The molecule has 6 nitrogen and oxygen atoms in total. The van der Waals surface area contributed by atoms with Crippen LogP contribution in [0.2, 0.25) is 0 Å². The van der Waals surface area contributed by atoms with Gasteiger partial charge in [-0.3, -0.25) is 9.48 Å². The van der Waals surface area contributed by atoms with Crippen molar-refractivity contribution in [1.82, 2.24) is 20.3 Å². The third kappa shape index (κ3) is 3.32. The molecule has 0 aromatic carbocycles. The summed E-state index contributed by atoms with van der Waals surface area (Å²) in [4.78, 5) is 12.0. The van der Waals surface area contributed by atoms with Gasteiger partial charge in [-0.05, 0) is 24.7 Å². The molecule has 0 saturated heterocycles. The lowest BCUT2D eigenvalue weighted by Gasteiger charge is -2.27. The standard InChI is InChI=1S/C13H23N5O/c1-2-13(5-3-4-6-13)10-15-12(19)11-9-18(8-7-14)17-16-11/h9H,2-8,10,14H2,1H3,(H,15,19). The summed E-state index contributed by atoms with van der Waals surface area (Å²) in [7, 11) is 0. The Labute approximate surface area is 113 Å². The summed E-state index contributed by atoms with van der Waals surface area (Å²) in [6.07, 6.45) is 7.74. The SMILES string of the molecule is CCC1(CNC(=O)c2cn(CCN)nn2)CCCC1. The van der Waals surface area contributed by atoms with Gasteiger partial charge >= 0.3 is 0 Å². The zero-order valence-corrected chi connectivity index (χ0v) is 11.6. The summed E-state index contributed by atoms with van der Waals surface area (Å²) in [6, 6.07) is 0. The second kappa shape index (κ2) is 6.14. The summed E-state index contributed by atoms with van der Waals surface area (Å²) in [5.41, 5.74) is 6.10. The number of nitrogens with zero attached hydrogens (tertiary/aromatic N) is 3. The Morgan fingerprint density at radius 3 is 2.89 bits per heavy atom. The van der Waals surface area contributed by atoms with Crippen LogP contribution in [0.1, 0.15) is 49.5 Å². The molecule has 1 heterocycles. The van der Waals surface area contributed by atoms with Gasteiger partial charge in [0.2, 0.25) is 0 Å². The van der Waals surface area contributed by atoms with Crippen molar-refractivity contribution in [2.24, 2.45) is 11.1 Å². The second-order valence-electron chi connectivity index (χ2n) is 5.40. The minimum absolute atomic E-state index is 0.136. The van der Waals surface area contributed by atoms with Crippen molar-refractivity contribution in [3.05, 3.63) is 11.9 Å². The predicted octanol–water partition coefficient (Wildman–Crippen LogP) is 0.937. The Morgan fingerprint density at radius 1 is 1.53 bits per heavy atom. The minimum Gasteiger partial charge on any atom is -0.350 e. The average Bonchev–Trinajstić information content (AvgIpc) is 3.06. The van der Waals surface area contributed by atoms with Crippen molar-refractivity contribution in [3.8, 4) is 0 Å². The summed E-state index contributed by atoms with van der Waals surface area (Å²) >= 11 is 0. The van der Waals surface area contributed by atoms with Gasteiger partial charge in [-0.2, -0.15) is 0 Å². The molecule has 1 fully saturated rings. The van der Waals surface area contributed by atoms with Crippen LogP contribution in [-0.4, -0.2) is 34.0 Å². The molecule has 0 radical (unpaired) electrons. The highest BCUT2D eigenvalue weighted by molar-refractivity contribution is 5.91. The van der Waals surface area contributed by atoms with E-state index in [0.717, 1.165) is 13.0 Å². The van der Waals surface area contributed by atoms with Crippen LogP contribution in [0.4, 0.5) is 0 Å². The minimum atomic E-state index is -0.136. The summed E-state index contributed by atoms with van der Waals surface area (Å²) in [6.45, 7) is 4.02. The molecule has 0 unspecified atom stereocenters. The number of carbonyl (C=O) groups excluding carboxylic acids is 1. The number of nitrogens with two attached hydrogens (primary N) is 1. The van der Waals surface area contributed by atoms with Gasteiger partial charge in [0.1, 0.15) is 0 Å². The van der Waals surface area contributed by atoms with Gasteiger partial charge in [0.15, 0.2) is 5.69 Å². The van der Waals surface area contributed by atoms with E-state index in [9.17, 15) is 4.79 Å². The first kappa shape index (κ1) is 14.0. The van der Waals surface area contributed by atoms with Crippen molar-refractivity contribution in [2.45, 2.75) is 45.6 Å². The lowest BCUT2D eigenvalue weighted by atomic mass is 9.83. The van der Waals surface area contributed by atoms with Crippen LogP contribution in [0.15, 0.2) is 6.20 Å². The molecule has 1 aliphatic rings. The van der Waals surface area contributed by atoms with Gasteiger partial charge in [-0.25, -0.2) is 0 Å². The van der Waals surface area contributed by atoms with E-state index in [-0.39, 0.29) is 5.91 Å². The van der Waals surface area contributed by atoms with Gasteiger partial charge < -0.3 is 11.1 Å². The molecule has 3 N–H and O–H groups in total. The molecule has 1 aromatic heterocycles. The Kier molecular flexibility index (Phi) is 4.52. The maximum Gasteiger partial charge on any atom is 0.273 e. The summed E-state index contributed by atoms with van der Waals surface area (Å²) < 4.78 is 1.60. The molecule has 106 valence electrons. The fraction of sp³-hybridized carbons (Fsp3) is 0.769. The molecule has 19 heavy (non-hydrogen) atoms. The number of aromatic nitrogens is 3. The van der Waals surface area contributed by atoms with E-state index in [1.165, 1.54) is 25.7 Å². The van der Waals surface area contributed by atoms with E-state index in [1.807, 2.05) is 0 Å². The van der Waals surface area contributed by atoms with Crippen molar-refractivity contribution in [2.75, 3.05) is 13.1 Å². The van der Waals surface area contributed by atoms with Crippen LogP contribution in [-0.2, 0) is 6.54 Å². The van der Waals surface area contributed by atoms with Crippen LogP contribution in [0.5, 0.6) is 0 Å². The Bertz CT molecular complexity index is 422. The summed E-state index contributed by atoms with van der Waals surface area (Å²) in [5.74, 6) is -0.136. The number of hydrogen-bond donors (Lipinski definition) is 2. The van der Waals surface area contributed by atoms with Crippen LogP contribution in [0.3, 0.4) is 0 Å². The van der Waals surface area contributed by atoms with Gasteiger partial charge in [-0.1, -0.05) is 25.0 Å². The van der Waals surface area contributed by atoms with Crippen molar-refractivity contribution >= 4 is 5.91 Å². The Morgan fingerprint density at radius 2 is 2.26 bits per heavy atom. The molecule has 1 aromatic rings. The monoisotopic (exact) mass is 265 g/mol. The maximum absolute atomic E-state index is 12.0. The van der Waals surface area contributed by atoms with Crippen LogP contribution >= 0.6 is 0 Å². The number of amides is 1. The van der Waals surface area contributed by atoms with Crippen LogP contribution in [0, 0.1) is 5.41 Å². The fourth-order valence-electron chi connectivity index (χ4n) is 2.78. The van der Waals surface area contributed by atoms with E-state index in [1.54, 1.807) is 10.9 Å². The quantitative estimate of drug-likeness (QED) is 0.801. The highest BCUT2D eigenvalue weighted by atomic mass is 16.2. The third-order valence-electron chi connectivity index (χ3n) is 4.17. The van der Waals surface area contributed by atoms with E-state index >= 15 is 0 Å². The highest BCUT2D eigenvalue weighted by Gasteiger charge is 2.32. The number of nitrogens with one attached hydrogen (secondary N) is 1. The maximum atomic E-state index is 12.0. The van der Waals surface area contributed by atoms with Gasteiger partial charge in [0.25, 0.3) is 5.91 Å². The second-order valence-corrected chi connectivity index (χ2v) is 5.40. The van der Waals surface area contributed by atoms with Gasteiger partial charge in [-0.15, -0.1) is 5.10 Å². The van der Waals surface area contributed by atoms with Gasteiger partial charge in [0, 0.05) is 13.1 Å². The summed E-state index contributed by atoms with van der Waals surface area (Å²) in [5, 5.41) is 10.7. The average molecular weight is 265 g/mol. The molecule has 2 rings (SSSR count). The first-order valence-electron chi connectivity index (χ1n) is 7.07. The van der Waals surface area contributed by atoms with E-state index in [0.29, 0.717) is 24.2 Å². The van der Waals surface area contributed by atoms with E-state index in [4.69, 9.17) is 5.73 Å².